The highest BCUT2D eigenvalue weighted by atomic mass is 19.1. The molecule has 3 heterocycles. The van der Waals surface area contributed by atoms with Crippen LogP contribution in [0.5, 0.6) is 0 Å². The van der Waals surface area contributed by atoms with E-state index in [2.05, 4.69) is 20.2 Å². The summed E-state index contributed by atoms with van der Waals surface area (Å²) in [4.78, 5) is 25.7. The number of nitrogens with zero attached hydrogens (tertiary/aromatic N) is 4. The summed E-state index contributed by atoms with van der Waals surface area (Å²) >= 11 is 0. The molecule has 0 aliphatic carbocycles. The molecule has 1 amide bonds. The maximum Gasteiger partial charge on any atom is 0.254 e. The van der Waals surface area contributed by atoms with Crippen LogP contribution < -0.4 is 10.2 Å². The molecule has 0 unspecified atom stereocenters. The summed E-state index contributed by atoms with van der Waals surface area (Å²) < 4.78 is 18.5. The van der Waals surface area contributed by atoms with Gasteiger partial charge in [0, 0.05) is 48.3 Å². The third-order valence-corrected chi connectivity index (χ3v) is 5.53. The van der Waals surface area contributed by atoms with E-state index >= 15 is 0 Å². The van der Waals surface area contributed by atoms with Crippen molar-refractivity contribution in [2.45, 2.75) is 6.42 Å². The van der Waals surface area contributed by atoms with Gasteiger partial charge in [0.25, 0.3) is 5.91 Å². The fourth-order valence-electron chi connectivity index (χ4n) is 3.85. The normalized spacial score (nSPS) is 15.6. The first kappa shape index (κ1) is 19.4. The van der Waals surface area contributed by atoms with E-state index in [1.54, 1.807) is 12.1 Å². The molecular formula is C23H22FN5O2. The summed E-state index contributed by atoms with van der Waals surface area (Å²) in [6.07, 6.45) is 2.67. The van der Waals surface area contributed by atoms with Crippen LogP contribution in [-0.4, -0.2) is 53.6 Å². The van der Waals surface area contributed by atoms with Crippen molar-refractivity contribution in [1.29, 1.82) is 0 Å². The number of morpholine rings is 1. The molecule has 5 rings (SSSR count). The second kappa shape index (κ2) is 8.31. The number of rotatable bonds is 4. The molecule has 158 valence electrons. The van der Waals surface area contributed by atoms with Crippen molar-refractivity contribution >= 4 is 29.0 Å². The Labute approximate surface area is 179 Å². The molecule has 1 fully saturated rings. The number of aromatic nitrogens is 2. The van der Waals surface area contributed by atoms with Crippen molar-refractivity contribution in [2.75, 3.05) is 43.1 Å². The van der Waals surface area contributed by atoms with Crippen LogP contribution >= 0.6 is 0 Å². The monoisotopic (exact) mass is 419 g/mol. The number of carbonyl (C=O) groups excluding carboxylic acids is 1. The number of amides is 1. The van der Waals surface area contributed by atoms with E-state index in [9.17, 15) is 9.18 Å². The third kappa shape index (κ3) is 4.06. The molecule has 8 heteroatoms. The molecule has 3 aromatic rings. The molecule has 0 radical (unpaired) electrons. The van der Waals surface area contributed by atoms with Crippen molar-refractivity contribution < 1.29 is 13.9 Å². The number of hydrogen-bond donors (Lipinski definition) is 1. The Kier molecular flexibility index (Phi) is 5.21. The topological polar surface area (TPSA) is 70.6 Å². The van der Waals surface area contributed by atoms with Gasteiger partial charge in [-0.15, -0.1) is 0 Å². The van der Waals surface area contributed by atoms with Crippen LogP contribution in [0.1, 0.15) is 15.9 Å². The van der Waals surface area contributed by atoms with Crippen molar-refractivity contribution in [1.82, 2.24) is 14.9 Å². The van der Waals surface area contributed by atoms with Gasteiger partial charge in [0.2, 0.25) is 5.95 Å². The number of fused-ring (bicyclic) bond motifs is 1. The van der Waals surface area contributed by atoms with E-state index in [-0.39, 0.29) is 11.7 Å². The Bertz CT molecular complexity index is 1080. The van der Waals surface area contributed by atoms with Crippen molar-refractivity contribution in [3.05, 3.63) is 71.7 Å². The summed E-state index contributed by atoms with van der Waals surface area (Å²) in [6, 6.07) is 13.7. The van der Waals surface area contributed by atoms with Crippen LogP contribution in [0.2, 0.25) is 0 Å². The first-order chi connectivity index (χ1) is 15.2. The molecular weight excluding hydrogens is 397 g/mol. The average Bonchev–Trinajstić information content (AvgIpc) is 3.24. The highest BCUT2D eigenvalue weighted by molar-refractivity contribution is 5.94. The minimum atomic E-state index is -0.290. The van der Waals surface area contributed by atoms with Crippen LogP contribution in [0.3, 0.4) is 0 Å². The molecule has 2 aliphatic rings. The van der Waals surface area contributed by atoms with E-state index in [1.165, 1.54) is 12.1 Å². The van der Waals surface area contributed by atoms with Gasteiger partial charge in [-0.25, -0.2) is 9.37 Å². The van der Waals surface area contributed by atoms with Crippen molar-refractivity contribution in [3.8, 4) is 0 Å². The number of benzene rings is 2. The lowest BCUT2D eigenvalue weighted by Gasteiger charge is -2.27. The summed E-state index contributed by atoms with van der Waals surface area (Å²) in [5.41, 5.74) is 3.44. The fraction of sp³-hybridized carbons (Fsp3) is 0.261. The predicted molar refractivity (Wildman–Crippen MR) is 116 cm³/mol. The van der Waals surface area contributed by atoms with Crippen molar-refractivity contribution in [2.24, 2.45) is 0 Å². The fourth-order valence-corrected chi connectivity index (χ4v) is 3.85. The van der Waals surface area contributed by atoms with Crippen LogP contribution in [0.4, 0.5) is 27.5 Å². The van der Waals surface area contributed by atoms with Crippen LogP contribution in [0.15, 0.2) is 54.7 Å². The highest BCUT2D eigenvalue weighted by Crippen LogP contribution is 2.33. The second-order valence-corrected chi connectivity index (χ2v) is 7.53. The molecule has 7 nitrogen and oxygen atoms in total. The number of ether oxygens (including phenoxy) is 1. The lowest BCUT2D eigenvalue weighted by Crippen LogP contribution is -2.40. The van der Waals surface area contributed by atoms with E-state index in [0.717, 1.165) is 35.7 Å². The Balaban J connectivity index is 1.34. The molecule has 2 aromatic carbocycles. The zero-order chi connectivity index (χ0) is 21.2. The van der Waals surface area contributed by atoms with E-state index < -0.39 is 0 Å². The SMILES string of the molecule is O=C(c1ccc(N2CCc3cnc(Nc4ccc(F)cc4)nc32)cc1)N1CCOCC1. The Hall–Kier alpha value is -3.52. The molecule has 2 aliphatic heterocycles. The molecule has 0 bridgehead atoms. The maximum absolute atomic E-state index is 13.1. The Morgan fingerprint density at radius 2 is 1.74 bits per heavy atom. The van der Waals surface area contributed by atoms with Crippen LogP contribution in [0, 0.1) is 5.82 Å². The van der Waals surface area contributed by atoms with Crippen LogP contribution in [0.25, 0.3) is 0 Å². The quantitative estimate of drug-likeness (QED) is 0.698. The molecule has 1 N–H and O–H groups in total. The first-order valence-electron chi connectivity index (χ1n) is 10.3. The van der Waals surface area contributed by atoms with Crippen molar-refractivity contribution in [3.63, 3.8) is 0 Å². The molecule has 0 atom stereocenters. The summed E-state index contributed by atoms with van der Waals surface area (Å²) in [5, 5.41) is 3.12. The number of anilines is 4. The van der Waals surface area contributed by atoms with Crippen LogP contribution in [-0.2, 0) is 11.2 Å². The lowest BCUT2D eigenvalue weighted by atomic mass is 10.1. The lowest BCUT2D eigenvalue weighted by molar-refractivity contribution is 0.0303. The summed E-state index contributed by atoms with van der Waals surface area (Å²) in [5.74, 6) is 1.04. The number of nitrogens with one attached hydrogen (secondary N) is 1. The summed E-state index contributed by atoms with van der Waals surface area (Å²) in [6.45, 7) is 3.22. The van der Waals surface area contributed by atoms with Gasteiger partial charge in [-0.2, -0.15) is 4.98 Å². The van der Waals surface area contributed by atoms with Gasteiger partial charge in [0.15, 0.2) is 0 Å². The Morgan fingerprint density at radius 3 is 2.48 bits per heavy atom. The van der Waals surface area contributed by atoms with Gasteiger partial charge in [-0.3, -0.25) is 4.79 Å². The van der Waals surface area contributed by atoms with Gasteiger partial charge in [-0.1, -0.05) is 0 Å². The zero-order valence-electron chi connectivity index (χ0n) is 16.9. The first-order valence-corrected chi connectivity index (χ1v) is 10.3. The Morgan fingerprint density at radius 1 is 1.00 bits per heavy atom. The van der Waals surface area contributed by atoms with Gasteiger partial charge < -0.3 is 19.9 Å². The molecule has 0 saturated carbocycles. The largest absolute Gasteiger partial charge is 0.378 e. The highest BCUT2D eigenvalue weighted by Gasteiger charge is 2.24. The number of carbonyl (C=O) groups is 1. The van der Waals surface area contributed by atoms with Gasteiger partial charge in [0.05, 0.1) is 13.2 Å². The minimum Gasteiger partial charge on any atom is -0.378 e. The van der Waals surface area contributed by atoms with Gasteiger partial charge in [-0.05, 0) is 55.0 Å². The third-order valence-electron chi connectivity index (χ3n) is 5.53. The number of hydrogen-bond acceptors (Lipinski definition) is 6. The molecule has 0 spiro atoms. The molecule has 31 heavy (non-hydrogen) atoms. The average molecular weight is 419 g/mol. The maximum atomic E-state index is 13.1. The second-order valence-electron chi connectivity index (χ2n) is 7.53. The van der Waals surface area contributed by atoms with E-state index in [0.29, 0.717) is 37.8 Å². The predicted octanol–water partition coefficient (Wildman–Crippen LogP) is 3.53. The molecule has 1 saturated heterocycles. The smallest absolute Gasteiger partial charge is 0.254 e. The van der Waals surface area contributed by atoms with Gasteiger partial charge in [0.1, 0.15) is 11.6 Å². The standard InChI is InChI=1S/C23H22FN5O2/c24-18-3-5-19(6-4-18)26-23-25-15-17-9-10-29(21(17)27-23)20-7-1-16(2-8-20)22(30)28-11-13-31-14-12-28/h1-8,15H,9-14H2,(H,25,26,27). The summed E-state index contributed by atoms with van der Waals surface area (Å²) in [7, 11) is 0. The van der Waals surface area contributed by atoms with E-state index in [4.69, 9.17) is 4.74 Å². The van der Waals surface area contributed by atoms with E-state index in [1.807, 2.05) is 35.4 Å². The zero-order valence-corrected chi connectivity index (χ0v) is 16.9. The number of halogens is 1. The molecule has 1 aromatic heterocycles. The minimum absolute atomic E-state index is 0.0322. The van der Waals surface area contributed by atoms with Gasteiger partial charge >= 0.3 is 0 Å².